The number of hydrogen-bond donors (Lipinski definition) is 0. The first-order chi connectivity index (χ1) is 15.9. The summed E-state index contributed by atoms with van der Waals surface area (Å²) in [4.78, 5) is 12.2. The second-order valence-corrected chi connectivity index (χ2v) is 12.0. The van der Waals surface area contributed by atoms with Crippen LogP contribution in [0.1, 0.15) is 86.8 Å². The summed E-state index contributed by atoms with van der Waals surface area (Å²) in [5.74, 6) is 1.60. The van der Waals surface area contributed by atoms with Crippen LogP contribution in [-0.2, 0) is 14.9 Å². The third kappa shape index (κ3) is 8.24. The lowest BCUT2D eigenvalue weighted by Crippen LogP contribution is -2.38. The highest BCUT2D eigenvalue weighted by molar-refractivity contribution is 6.00. The number of carbonyl (C=O) groups excluding carboxylic acids is 1. The van der Waals surface area contributed by atoms with Gasteiger partial charge in [0.15, 0.2) is 5.78 Å². The van der Waals surface area contributed by atoms with Gasteiger partial charge in [0.1, 0.15) is 28.3 Å². The number of Topliss-reactive ketones (excluding diaryl/α,β-unsaturated/α-hetero) is 1. The molecule has 2 aromatic rings. The van der Waals surface area contributed by atoms with Gasteiger partial charge in [-0.1, -0.05) is 44.7 Å². The zero-order valence-corrected chi connectivity index (χ0v) is 23.4. The second kappa shape index (κ2) is 10.6. The second-order valence-electron chi connectivity index (χ2n) is 12.0. The van der Waals surface area contributed by atoms with E-state index < -0.39 is 11.2 Å². The number of hydrogen-bond acceptors (Lipinski definition) is 4. The van der Waals surface area contributed by atoms with E-state index >= 15 is 0 Å². The van der Waals surface area contributed by atoms with Crippen molar-refractivity contribution in [2.45, 2.75) is 97.9 Å². The Morgan fingerprint density at radius 3 is 1.57 bits per heavy atom. The highest BCUT2D eigenvalue weighted by Gasteiger charge is 2.30. The molecule has 2 aromatic carbocycles. The fraction of sp³-hybridized carbons (Fsp3) is 0.516. The molecule has 0 spiro atoms. The molecule has 2 rings (SSSR count). The van der Waals surface area contributed by atoms with E-state index in [1.54, 1.807) is 20.8 Å². The van der Waals surface area contributed by atoms with Gasteiger partial charge in [0.2, 0.25) is 0 Å². The first kappa shape index (κ1) is 28.6. The predicted octanol–water partition coefficient (Wildman–Crippen LogP) is 7.68. The van der Waals surface area contributed by atoms with Crippen molar-refractivity contribution in [1.82, 2.24) is 0 Å². The largest absolute Gasteiger partial charge is 0.488 e. The van der Waals surface area contributed by atoms with Gasteiger partial charge >= 0.3 is 0 Å². The van der Waals surface area contributed by atoms with Gasteiger partial charge in [-0.25, -0.2) is 0 Å². The molecule has 4 nitrogen and oxygen atoms in total. The molecular weight excluding hydrogens is 436 g/mol. The van der Waals surface area contributed by atoms with Gasteiger partial charge in [-0.15, -0.1) is 0 Å². The average molecular weight is 481 g/mol. The van der Waals surface area contributed by atoms with Crippen LogP contribution < -0.4 is 9.47 Å². The lowest BCUT2D eigenvalue weighted by atomic mass is 9.78. The van der Waals surface area contributed by atoms with E-state index in [0.29, 0.717) is 18.6 Å². The van der Waals surface area contributed by atoms with Crippen molar-refractivity contribution in [3.8, 4) is 11.5 Å². The number of carbonyl (C=O) groups is 1. The quantitative estimate of drug-likeness (QED) is 0.309. The van der Waals surface area contributed by atoms with Crippen molar-refractivity contribution in [3.05, 3.63) is 71.8 Å². The van der Waals surface area contributed by atoms with Crippen molar-refractivity contribution in [2.24, 2.45) is 0 Å². The minimum Gasteiger partial charge on any atom is -0.488 e. The zero-order valence-electron chi connectivity index (χ0n) is 23.4. The SMILES string of the molecule is C=C(C)C(=O)C(C)(C)OCCC(C)(C)Oc1ccc(C(C)(C)c2ccc(OC(C)(C)C)cc2)cc1. The number of ketones is 1. The zero-order chi connectivity index (χ0) is 26.7. The fourth-order valence-electron chi connectivity index (χ4n) is 3.90. The molecule has 0 heterocycles. The van der Waals surface area contributed by atoms with Gasteiger partial charge < -0.3 is 14.2 Å². The highest BCUT2D eigenvalue weighted by Crippen LogP contribution is 2.34. The summed E-state index contributed by atoms with van der Waals surface area (Å²) in [5, 5.41) is 0. The Bertz CT molecular complexity index is 1000. The number of ether oxygens (including phenoxy) is 3. The van der Waals surface area contributed by atoms with E-state index in [4.69, 9.17) is 14.2 Å². The molecule has 0 saturated carbocycles. The molecule has 192 valence electrons. The van der Waals surface area contributed by atoms with Gasteiger partial charge in [-0.05, 0) is 96.4 Å². The summed E-state index contributed by atoms with van der Waals surface area (Å²) >= 11 is 0. The Labute approximate surface area is 212 Å². The number of benzene rings is 2. The van der Waals surface area contributed by atoms with E-state index in [-0.39, 0.29) is 16.8 Å². The summed E-state index contributed by atoms with van der Waals surface area (Å²) in [6, 6.07) is 16.6. The molecule has 0 aliphatic rings. The van der Waals surface area contributed by atoms with Crippen molar-refractivity contribution in [1.29, 1.82) is 0 Å². The monoisotopic (exact) mass is 480 g/mol. The van der Waals surface area contributed by atoms with Crippen molar-refractivity contribution < 1.29 is 19.0 Å². The van der Waals surface area contributed by atoms with Gasteiger partial charge in [0.25, 0.3) is 0 Å². The van der Waals surface area contributed by atoms with Gasteiger partial charge in [0, 0.05) is 11.8 Å². The third-order valence-electron chi connectivity index (χ3n) is 6.07. The van der Waals surface area contributed by atoms with Crippen LogP contribution in [0.15, 0.2) is 60.7 Å². The third-order valence-corrected chi connectivity index (χ3v) is 6.07. The molecule has 0 N–H and O–H groups in total. The predicted molar refractivity (Wildman–Crippen MR) is 145 cm³/mol. The molecule has 0 aromatic heterocycles. The minimum atomic E-state index is -0.883. The molecule has 0 atom stereocenters. The fourth-order valence-corrected chi connectivity index (χ4v) is 3.90. The standard InChI is InChI=1S/C31H44O4/c1-22(2)27(32)31(10,11)33-21-20-29(6,7)35-26-18-14-24(15-19-26)30(8,9)23-12-16-25(17-13-23)34-28(3,4)5/h12-19H,1,20-21H2,2-11H3. The summed E-state index contributed by atoms with van der Waals surface area (Å²) < 4.78 is 18.1. The van der Waals surface area contributed by atoms with Crippen LogP contribution in [-0.4, -0.2) is 29.2 Å². The Kier molecular flexibility index (Phi) is 8.65. The molecule has 0 aliphatic carbocycles. The molecule has 0 saturated heterocycles. The lowest BCUT2D eigenvalue weighted by Gasteiger charge is -2.30. The first-order valence-electron chi connectivity index (χ1n) is 12.4. The summed E-state index contributed by atoms with van der Waals surface area (Å²) in [6.45, 7) is 24.1. The molecular formula is C31H44O4. The highest BCUT2D eigenvalue weighted by atomic mass is 16.5. The van der Waals surface area contributed by atoms with Crippen molar-refractivity contribution >= 4 is 5.78 Å². The molecule has 0 bridgehead atoms. The molecule has 0 radical (unpaired) electrons. The van der Waals surface area contributed by atoms with Crippen LogP contribution in [0.4, 0.5) is 0 Å². The van der Waals surface area contributed by atoms with Crippen LogP contribution in [0.3, 0.4) is 0 Å². The van der Waals surface area contributed by atoms with E-state index in [1.807, 2.05) is 58.9 Å². The molecule has 0 aliphatic heterocycles. The van der Waals surface area contributed by atoms with Crippen LogP contribution in [0, 0.1) is 0 Å². The first-order valence-corrected chi connectivity index (χ1v) is 12.4. The van der Waals surface area contributed by atoms with E-state index in [1.165, 1.54) is 11.1 Å². The lowest BCUT2D eigenvalue weighted by molar-refractivity contribution is -0.137. The van der Waals surface area contributed by atoms with Crippen LogP contribution in [0.5, 0.6) is 11.5 Å². The van der Waals surface area contributed by atoms with E-state index in [0.717, 1.165) is 11.5 Å². The van der Waals surface area contributed by atoms with Gasteiger partial charge in [-0.2, -0.15) is 0 Å². The van der Waals surface area contributed by atoms with Crippen LogP contribution >= 0.6 is 0 Å². The Balaban J connectivity index is 2.02. The van der Waals surface area contributed by atoms with Gasteiger partial charge in [0.05, 0.1) is 6.61 Å². The maximum Gasteiger partial charge on any atom is 0.189 e. The van der Waals surface area contributed by atoms with Crippen molar-refractivity contribution in [3.63, 3.8) is 0 Å². The molecule has 0 fully saturated rings. The minimum absolute atomic E-state index is 0.0780. The van der Waals surface area contributed by atoms with Crippen molar-refractivity contribution in [2.75, 3.05) is 6.61 Å². The van der Waals surface area contributed by atoms with E-state index in [2.05, 4.69) is 44.7 Å². The summed E-state index contributed by atoms with van der Waals surface area (Å²) in [6.07, 6.45) is 0.649. The van der Waals surface area contributed by atoms with Crippen LogP contribution in [0.2, 0.25) is 0 Å². The molecule has 4 heteroatoms. The topological polar surface area (TPSA) is 44.8 Å². The maximum atomic E-state index is 12.2. The Morgan fingerprint density at radius 1 is 0.743 bits per heavy atom. The van der Waals surface area contributed by atoms with Crippen LogP contribution in [0.25, 0.3) is 0 Å². The van der Waals surface area contributed by atoms with Gasteiger partial charge in [-0.3, -0.25) is 4.79 Å². The van der Waals surface area contributed by atoms with E-state index in [9.17, 15) is 4.79 Å². The molecule has 0 unspecified atom stereocenters. The number of rotatable bonds is 11. The molecule has 0 amide bonds. The molecule has 35 heavy (non-hydrogen) atoms. The smallest absolute Gasteiger partial charge is 0.189 e. The normalized spacial score (nSPS) is 12.9. The maximum absolute atomic E-state index is 12.2. The summed E-state index contributed by atoms with van der Waals surface area (Å²) in [5.41, 5.74) is 1.22. The Morgan fingerprint density at radius 2 is 1.17 bits per heavy atom. The summed E-state index contributed by atoms with van der Waals surface area (Å²) in [7, 11) is 0. The average Bonchev–Trinajstić information content (AvgIpc) is 2.72. The Hall–Kier alpha value is -2.59.